The Labute approximate surface area is 186 Å². The highest BCUT2D eigenvalue weighted by molar-refractivity contribution is 8.00. The van der Waals surface area contributed by atoms with E-state index >= 15 is 0 Å². The van der Waals surface area contributed by atoms with Crippen molar-refractivity contribution in [3.8, 4) is 0 Å². The molecule has 1 N–H and O–H groups in total. The van der Waals surface area contributed by atoms with E-state index in [0.717, 1.165) is 40.6 Å². The zero-order chi connectivity index (χ0) is 20.9. The molecule has 1 saturated heterocycles. The summed E-state index contributed by atoms with van der Waals surface area (Å²) >= 11 is 7.42. The first-order valence-corrected chi connectivity index (χ1v) is 11.0. The number of hydrogen-bond donors (Lipinski definition) is 1. The zero-order valence-corrected chi connectivity index (χ0v) is 18.3. The van der Waals surface area contributed by atoms with E-state index in [0.29, 0.717) is 18.1 Å². The highest BCUT2D eigenvalue weighted by Crippen LogP contribution is 2.25. The van der Waals surface area contributed by atoms with Crippen LogP contribution in [0.4, 0.5) is 11.5 Å². The molecule has 1 amide bonds. The molecular weight excluding hydrogens is 416 g/mol. The van der Waals surface area contributed by atoms with Crippen LogP contribution in [0.3, 0.4) is 0 Å². The number of carbonyl (C=O) groups excluding carboxylic acids is 1. The molecule has 1 aromatic heterocycles. The Balaban J connectivity index is 1.40. The summed E-state index contributed by atoms with van der Waals surface area (Å²) in [5.41, 5.74) is 2.70. The third-order valence-electron chi connectivity index (χ3n) is 5.11. The molecule has 0 bridgehead atoms. The number of nitrogens with zero attached hydrogens (tertiary/aromatic N) is 3. The topological polar surface area (TPSA) is 48.5 Å². The number of piperazine rings is 1. The molecule has 0 atom stereocenters. The highest BCUT2D eigenvalue weighted by atomic mass is 35.5. The van der Waals surface area contributed by atoms with Gasteiger partial charge in [0.25, 0.3) is 5.91 Å². The number of anilines is 2. The molecule has 7 heteroatoms. The molecule has 1 aliphatic rings. The lowest BCUT2D eigenvalue weighted by Crippen LogP contribution is -2.49. The van der Waals surface area contributed by atoms with E-state index in [2.05, 4.69) is 14.6 Å². The van der Waals surface area contributed by atoms with Crippen LogP contribution in [0.1, 0.15) is 15.9 Å². The molecule has 30 heavy (non-hydrogen) atoms. The molecule has 1 aliphatic heterocycles. The predicted octanol–water partition coefficient (Wildman–Crippen LogP) is 5.13. The first-order valence-electron chi connectivity index (χ1n) is 9.84. The summed E-state index contributed by atoms with van der Waals surface area (Å²) in [5, 5.41) is 0.705. The van der Waals surface area contributed by atoms with Crippen molar-refractivity contribution in [1.29, 1.82) is 0 Å². The molecule has 4 rings (SSSR count). The van der Waals surface area contributed by atoms with E-state index in [4.69, 9.17) is 11.6 Å². The summed E-state index contributed by atoms with van der Waals surface area (Å²) in [6.07, 6.45) is 1.80. The largest absolute Gasteiger partial charge is 0.353 e. The lowest BCUT2D eigenvalue weighted by molar-refractivity contribution is 0.0745. The minimum absolute atomic E-state index is 0.0853. The van der Waals surface area contributed by atoms with E-state index in [1.54, 1.807) is 6.20 Å². The summed E-state index contributed by atoms with van der Waals surface area (Å²) in [7, 11) is 0. The van der Waals surface area contributed by atoms with Crippen molar-refractivity contribution in [2.24, 2.45) is 0 Å². The number of pyridine rings is 1. The average molecular weight is 439 g/mol. The van der Waals surface area contributed by atoms with Gasteiger partial charge in [0.2, 0.25) is 0 Å². The van der Waals surface area contributed by atoms with Crippen molar-refractivity contribution in [3.05, 3.63) is 83.0 Å². The molecule has 0 saturated carbocycles. The van der Waals surface area contributed by atoms with Gasteiger partial charge in [-0.1, -0.05) is 23.7 Å². The Morgan fingerprint density at radius 1 is 1.03 bits per heavy atom. The van der Waals surface area contributed by atoms with E-state index in [-0.39, 0.29) is 5.91 Å². The number of halogens is 1. The number of benzene rings is 2. The second-order valence-electron chi connectivity index (χ2n) is 7.15. The fraction of sp³-hybridized carbons (Fsp3) is 0.217. The third kappa shape index (κ3) is 4.89. The van der Waals surface area contributed by atoms with Crippen LogP contribution >= 0.6 is 23.5 Å². The number of amides is 1. The van der Waals surface area contributed by atoms with Crippen LogP contribution in [-0.4, -0.2) is 42.0 Å². The molecule has 3 aromatic rings. The van der Waals surface area contributed by atoms with Gasteiger partial charge in [-0.3, -0.25) is 4.79 Å². The SMILES string of the molecule is Cc1ccc(SNc2ccc(Cl)cc2)cc1C(=O)N1CCN(c2ccccn2)CC1. The minimum atomic E-state index is 0.0853. The Bertz CT molecular complexity index is 1010. The molecule has 154 valence electrons. The first kappa shape index (κ1) is 20.6. The Kier molecular flexibility index (Phi) is 6.45. The van der Waals surface area contributed by atoms with Crippen molar-refractivity contribution >= 4 is 41.0 Å². The van der Waals surface area contributed by atoms with E-state index in [1.165, 1.54) is 11.9 Å². The lowest BCUT2D eigenvalue weighted by Gasteiger charge is -2.35. The molecule has 2 heterocycles. The van der Waals surface area contributed by atoms with Crippen LogP contribution in [0, 0.1) is 6.92 Å². The third-order valence-corrected chi connectivity index (χ3v) is 6.19. The highest BCUT2D eigenvalue weighted by Gasteiger charge is 2.24. The maximum Gasteiger partial charge on any atom is 0.254 e. The number of hydrogen-bond acceptors (Lipinski definition) is 5. The fourth-order valence-electron chi connectivity index (χ4n) is 3.38. The van der Waals surface area contributed by atoms with Crippen molar-refractivity contribution in [3.63, 3.8) is 0 Å². The van der Waals surface area contributed by atoms with Crippen LogP contribution in [0.25, 0.3) is 0 Å². The van der Waals surface area contributed by atoms with Gasteiger partial charge in [0, 0.05) is 53.5 Å². The van der Waals surface area contributed by atoms with Gasteiger partial charge in [-0.05, 0) is 73.0 Å². The van der Waals surface area contributed by atoms with Gasteiger partial charge in [0.15, 0.2) is 0 Å². The molecule has 0 aliphatic carbocycles. The van der Waals surface area contributed by atoms with Crippen molar-refractivity contribution in [2.75, 3.05) is 35.8 Å². The van der Waals surface area contributed by atoms with Crippen molar-refractivity contribution in [1.82, 2.24) is 9.88 Å². The summed E-state index contributed by atoms with van der Waals surface area (Å²) in [5.74, 6) is 1.05. The van der Waals surface area contributed by atoms with Gasteiger partial charge < -0.3 is 14.5 Å². The van der Waals surface area contributed by atoms with E-state index < -0.39 is 0 Å². The standard InChI is InChI=1S/C23H23ClN4OS/c1-17-5-10-20(30-26-19-8-6-18(24)7-9-19)16-21(17)23(29)28-14-12-27(13-15-28)22-4-2-3-11-25-22/h2-11,16,26H,12-15H2,1H3. The molecule has 0 unspecified atom stereocenters. The summed E-state index contributed by atoms with van der Waals surface area (Å²) in [6, 6.07) is 19.5. The minimum Gasteiger partial charge on any atom is -0.353 e. The van der Waals surface area contributed by atoms with Gasteiger partial charge in [-0.2, -0.15) is 0 Å². The number of carbonyl (C=O) groups is 1. The summed E-state index contributed by atoms with van der Waals surface area (Å²) in [6.45, 7) is 4.94. The second kappa shape index (κ2) is 9.41. The fourth-order valence-corrected chi connectivity index (χ4v) is 4.19. The molecule has 5 nitrogen and oxygen atoms in total. The quantitative estimate of drug-likeness (QED) is 0.560. The Morgan fingerprint density at radius 3 is 2.50 bits per heavy atom. The van der Waals surface area contributed by atoms with Crippen molar-refractivity contribution < 1.29 is 4.79 Å². The van der Waals surface area contributed by atoms with Crippen LogP contribution in [0.2, 0.25) is 5.02 Å². The zero-order valence-electron chi connectivity index (χ0n) is 16.7. The molecule has 2 aromatic carbocycles. The van der Waals surface area contributed by atoms with Crippen LogP contribution in [0.5, 0.6) is 0 Å². The van der Waals surface area contributed by atoms with Gasteiger partial charge in [0.05, 0.1) is 0 Å². The monoisotopic (exact) mass is 438 g/mol. The normalized spacial score (nSPS) is 13.9. The first-order chi connectivity index (χ1) is 14.6. The van der Waals surface area contributed by atoms with E-state index in [1.807, 2.05) is 72.5 Å². The molecule has 0 spiro atoms. The summed E-state index contributed by atoms with van der Waals surface area (Å²) < 4.78 is 3.30. The Hall–Kier alpha value is -2.70. The van der Waals surface area contributed by atoms with Gasteiger partial charge >= 0.3 is 0 Å². The molecule has 1 fully saturated rings. The lowest BCUT2D eigenvalue weighted by atomic mass is 10.1. The van der Waals surface area contributed by atoms with Crippen LogP contribution < -0.4 is 9.62 Å². The maximum atomic E-state index is 13.2. The number of rotatable bonds is 5. The maximum absolute atomic E-state index is 13.2. The number of aryl methyl sites for hydroxylation is 1. The molecular formula is C23H23ClN4OS. The molecule has 0 radical (unpaired) electrons. The average Bonchev–Trinajstić information content (AvgIpc) is 2.80. The van der Waals surface area contributed by atoms with Crippen LogP contribution in [-0.2, 0) is 0 Å². The smallest absolute Gasteiger partial charge is 0.254 e. The second-order valence-corrected chi connectivity index (χ2v) is 8.47. The Morgan fingerprint density at radius 2 is 1.80 bits per heavy atom. The summed E-state index contributed by atoms with van der Waals surface area (Å²) in [4.78, 5) is 22.7. The van der Waals surface area contributed by atoms with Gasteiger partial charge in [-0.15, -0.1) is 0 Å². The predicted molar refractivity (Wildman–Crippen MR) is 124 cm³/mol. The van der Waals surface area contributed by atoms with Crippen LogP contribution in [0.15, 0.2) is 71.8 Å². The van der Waals surface area contributed by atoms with Gasteiger partial charge in [0.1, 0.15) is 5.82 Å². The number of aromatic nitrogens is 1. The number of nitrogens with one attached hydrogen (secondary N) is 1. The van der Waals surface area contributed by atoms with Gasteiger partial charge in [-0.25, -0.2) is 4.98 Å². The van der Waals surface area contributed by atoms with E-state index in [9.17, 15) is 4.79 Å². The van der Waals surface area contributed by atoms with Crippen molar-refractivity contribution in [2.45, 2.75) is 11.8 Å².